The molecule has 2 heterocycles. The molecule has 2 aromatic heterocycles. The maximum atomic E-state index is 13.4. The monoisotopic (exact) mass is 374 g/mol. The average Bonchev–Trinajstić information content (AvgIpc) is 3.08. The molecule has 0 aliphatic carbocycles. The van der Waals surface area contributed by atoms with Gasteiger partial charge in [-0.3, -0.25) is 4.79 Å². The van der Waals surface area contributed by atoms with Gasteiger partial charge in [0.05, 0.1) is 17.8 Å². The molecule has 0 aliphatic rings. The van der Waals surface area contributed by atoms with E-state index < -0.39 is 22.9 Å². The summed E-state index contributed by atoms with van der Waals surface area (Å²) in [6.45, 7) is 1.92. The maximum Gasteiger partial charge on any atom is 0.417 e. The number of benzene rings is 1. The Kier molecular flexibility index (Phi) is 4.70. The molecule has 3 rings (SSSR count). The van der Waals surface area contributed by atoms with Gasteiger partial charge >= 0.3 is 6.18 Å². The molecule has 132 valence electrons. The van der Waals surface area contributed by atoms with Crippen molar-refractivity contribution in [2.75, 3.05) is 0 Å². The van der Waals surface area contributed by atoms with Gasteiger partial charge in [-0.25, -0.2) is 0 Å². The molecule has 7 heteroatoms. The van der Waals surface area contributed by atoms with Crippen LogP contribution in [-0.2, 0) is 12.7 Å². The Labute approximate surface area is 151 Å². The number of hydrogen-bond acceptors (Lipinski definition) is 3. The van der Waals surface area contributed by atoms with Gasteiger partial charge in [0.1, 0.15) is 11.6 Å². The molecule has 0 unspecified atom stereocenters. The first-order valence-corrected chi connectivity index (χ1v) is 8.54. The number of aryl methyl sites for hydroxylation is 1. The van der Waals surface area contributed by atoms with Crippen LogP contribution in [0.1, 0.15) is 21.6 Å². The molecule has 3 aromatic rings. The molecule has 0 aliphatic heterocycles. The van der Waals surface area contributed by atoms with E-state index in [0.717, 1.165) is 16.5 Å². The minimum atomic E-state index is -4.79. The highest BCUT2D eigenvalue weighted by Gasteiger charge is 2.36. The fourth-order valence-corrected chi connectivity index (χ4v) is 3.43. The van der Waals surface area contributed by atoms with Gasteiger partial charge in [0.2, 0.25) is 0 Å². The Hall–Kier alpha value is -2.85. The normalized spacial score (nSPS) is 11.3. The van der Waals surface area contributed by atoms with Crippen LogP contribution in [0.2, 0.25) is 0 Å². The Morgan fingerprint density at radius 3 is 2.54 bits per heavy atom. The van der Waals surface area contributed by atoms with Gasteiger partial charge in [0, 0.05) is 4.88 Å². The van der Waals surface area contributed by atoms with Gasteiger partial charge in [0.15, 0.2) is 0 Å². The van der Waals surface area contributed by atoms with Crippen LogP contribution < -0.4 is 5.56 Å². The van der Waals surface area contributed by atoms with E-state index in [1.165, 1.54) is 22.0 Å². The average molecular weight is 374 g/mol. The Morgan fingerprint density at radius 1 is 1.19 bits per heavy atom. The number of nitrogens with zero attached hydrogens (tertiary/aromatic N) is 2. The lowest BCUT2D eigenvalue weighted by Gasteiger charge is -2.17. The second-order valence-corrected chi connectivity index (χ2v) is 6.80. The molecule has 0 spiro atoms. The van der Waals surface area contributed by atoms with Crippen molar-refractivity contribution in [3.05, 3.63) is 79.8 Å². The molecule has 26 heavy (non-hydrogen) atoms. The van der Waals surface area contributed by atoms with Crippen molar-refractivity contribution in [2.24, 2.45) is 0 Å². The van der Waals surface area contributed by atoms with Crippen molar-refractivity contribution in [3.8, 4) is 17.3 Å². The number of aromatic nitrogens is 1. The first-order valence-electron chi connectivity index (χ1n) is 7.66. The summed E-state index contributed by atoms with van der Waals surface area (Å²) < 4.78 is 41.4. The van der Waals surface area contributed by atoms with Crippen LogP contribution in [0.3, 0.4) is 0 Å². The number of rotatable bonds is 3. The summed E-state index contributed by atoms with van der Waals surface area (Å²) >= 11 is 1.39. The smallest absolute Gasteiger partial charge is 0.302 e. The second kappa shape index (κ2) is 6.81. The zero-order valence-corrected chi connectivity index (χ0v) is 14.5. The predicted molar refractivity (Wildman–Crippen MR) is 94.0 cm³/mol. The van der Waals surface area contributed by atoms with Crippen LogP contribution in [0, 0.1) is 18.3 Å². The van der Waals surface area contributed by atoms with Crippen molar-refractivity contribution in [1.29, 1.82) is 5.26 Å². The van der Waals surface area contributed by atoms with Crippen molar-refractivity contribution >= 4 is 11.3 Å². The number of nitriles is 1. The van der Waals surface area contributed by atoms with E-state index in [0.29, 0.717) is 5.56 Å². The Morgan fingerprint density at radius 2 is 1.96 bits per heavy atom. The molecule has 0 bridgehead atoms. The van der Waals surface area contributed by atoms with Crippen LogP contribution in [0.4, 0.5) is 13.2 Å². The summed E-state index contributed by atoms with van der Waals surface area (Å²) in [5.74, 6) is 0. The van der Waals surface area contributed by atoms with Crippen molar-refractivity contribution in [2.45, 2.75) is 19.6 Å². The Balaban J connectivity index is 2.34. The molecule has 0 saturated heterocycles. The predicted octanol–water partition coefficient (Wildman–Crippen LogP) is 4.82. The van der Waals surface area contributed by atoms with E-state index in [1.54, 1.807) is 30.3 Å². The molecule has 0 radical (unpaired) electrons. The van der Waals surface area contributed by atoms with E-state index in [4.69, 9.17) is 5.26 Å². The molecule has 0 fully saturated rings. The first-order chi connectivity index (χ1) is 12.3. The fourth-order valence-electron chi connectivity index (χ4n) is 2.74. The summed E-state index contributed by atoms with van der Waals surface area (Å²) in [4.78, 5) is 13.5. The van der Waals surface area contributed by atoms with Crippen LogP contribution in [-0.4, -0.2) is 4.57 Å². The maximum absolute atomic E-state index is 13.4. The fraction of sp³-hybridized carbons (Fsp3) is 0.158. The van der Waals surface area contributed by atoms with E-state index in [9.17, 15) is 18.0 Å². The van der Waals surface area contributed by atoms with Crippen LogP contribution >= 0.6 is 11.3 Å². The molecule has 0 amide bonds. The molecule has 1 aromatic carbocycles. The number of hydrogen-bond donors (Lipinski definition) is 0. The molecule has 3 nitrogen and oxygen atoms in total. The molecular weight excluding hydrogens is 361 g/mol. The van der Waals surface area contributed by atoms with Gasteiger partial charge in [-0.2, -0.15) is 18.4 Å². The van der Waals surface area contributed by atoms with Crippen molar-refractivity contribution < 1.29 is 13.2 Å². The largest absolute Gasteiger partial charge is 0.417 e. The Bertz CT molecular complexity index is 1040. The highest BCUT2D eigenvalue weighted by Crippen LogP contribution is 2.34. The van der Waals surface area contributed by atoms with E-state index in [2.05, 4.69) is 0 Å². The van der Waals surface area contributed by atoms with Crippen LogP contribution in [0.5, 0.6) is 0 Å². The zero-order chi connectivity index (χ0) is 18.9. The standard InChI is InChI=1S/C19H13F3N2OS/c1-12-4-2-5-13(8-12)17-9-16(19(20,21)22)15(10-23)18(25)24(17)11-14-6-3-7-26-14/h2-9H,11H2,1H3. The highest BCUT2D eigenvalue weighted by molar-refractivity contribution is 7.09. The number of thiophene rings is 1. The SMILES string of the molecule is Cc1cccc(-c2cc(C(F)(F)F)c(C#N)c(=O)n2Cc2cccs2)c1. The van der Waals surface area contributed by atoms with Gasteiger partial charge in [-0.05, 0) is 36.1 Å². The minimum Gasteiger partial charge on any atom is -0.302 e. The van der Waals surface area contributed by atoms with E-state index >= 15 is 0 Å². The third-order valence-corrected chi connectivity index (χ3v) is 4.79. The lowest BCUT2D eigenvalue weighted by molar-refractivity contribution is -0.137. The summed E-state index contributed by atoms with van der Waals surface area (Å²) in [5, 5.41) is 11.0. The first kappa shape index (κ1) is 18.0. The van der Waals surface area contributed by atoms with Crippen molar-refractivity contribution in [3.63, 3.8) is 0 Å². The highest BCUT2D eigenvalue weighted by atomic mass is 32.1. The number of alkyl halides is 3. The third kappa shape index (κ3) is 3.41. The quantitative estimate of drug-likeness (QED) is 0.660. The topological polar surface area (TPSA) is 45.8 Å². The molecule has 0 N–H and O–H groups in total. The summed E-state index contributed by atoms with van der Waals surface area (Å²) in [5.41, 5.74) is -1.54. The van der Waals surface area contributed by atoms with E-state index in [-0.39, 0.29) is 12.2 Å². The second-order valence-electron chi connectivity index (χ2n) is 5.77. The summed E-state index contributed by atoms with van der Waals surface area (Å²) in [6.07, 6.45) is -4.79. The van der Waals surface area contributed by atoms with Gasteiger partial charge < -0.3 is 4.57 Å². The van der Waals surface area contributed by atoms with Crippen molar-refractivity contribution in [1.82, 2.24) is 4.57 Å². The van der Waals surface area contributed by atoms with Gasteiger partial charge in [0.25, 0.3) is 5.56 Å². The lowest BCUT2D eigenvalue weighted by Crippen LogP contribution is -2.28. The number of halogens is 3. The summed E-state index contributed by atoms with van der Waals surface area (Å²) in [6, 6.07) is 12.8. The van der Waals surface area contributed by atoms with E-state index in [1.807, 2.05) is 18.4 Å². The zero-order valence-electron chi connectivity index (χ0n) is 13.7. The molecule has 0 saturated carbocycles. The van der Waals surface area contributed by atoms with Crippen LogP contribution in [0.25, 0.3) is 11.3 Å². The summed E-state index contributed by atoms with van der Waals surface area (Å²) in [7, 11) is 0. The lowest BCUT2D eigenvalue weighted by atomic mass is 10.0. The molecular formula is C19H13F3N2OS. The molecule has 0 atom stereocenters. The minimum absolute atomic E-state index is 0.104. The van der Waals surface area contributed by atoms with Gasteiger partial charge in [-0.15, -0.1) is 11.3 Å². The third-order valence-electron chi connectivity index (χ3n) is 3.93. The van der Waals surface area contributed by atoms with Gasteiger partial charge in [-0.1, -0.05) is 29.8 Å². The number of pyridine rings is 1. The van der Waals surface area contributed by atoms with Crippen LogP contribution in [0.15, 0.2) is 52.6 Å².